The Morgan fingerprint density at radius 2 is 1.95 bits per heavy atom. The average molecular weight is 308 g/mol. The second-order valence-electron chi connectivity index (χ2n) is 6.42. The fourth-order valence-electron chi connectivity index (χ4n) is 3.82. The zero-order valence-electron chi connectivity index (χ0n) is 12.4. The van der Waals surface area contributed by atoms with Crippen LogP contribution in [-0.2, 0) is 22.8 Å². The van der Waals surface area contributed by atoms with E-state index in [-0.39, 0.29) is 11.3 Å². The first-order valence-corrected chi connectivity index (χ1v) is 9.59. The molecule has 2 heterocycles. The number of rotatable bonds is 2. The summed E-state index contributed by atoms with van der Waals surface area (Å²) < 4.78 is 24.2. The Labute approximate surface area is 127 Å². The molecule has 1 atom stereocenters. The molecule has 0 aromatic heterocycles. The van der Waals surface area contributed by atoms with Crippen molar-refractivity contribution in [2.45, 2.75) is 37.8 Å². The van der Waals surface area contributed by atoms with Gasteiger partial charge in [0.25, 0.3) is 0 Å². The van der Waals surface area contributed by atoms with Gasteiger partial charge in [-0.1, -0.05) is 24.3 Å². The molecular weight excluding hydrogens is 284 g/mol. The predicted octanol–water partition coefficient (Wildman–Crippen LogP) is 1.34. The quantitative estimate of drug-likeness (QED) is 0.895. The molecule has 5 heteroatoms. The molecule has 1 fully saturated rings. The van der Waals surface area contributed by atoms with Crippen LogP contribution in [0.3, 0.4) is 0 Å². The van der Waals surface area contributed by atoms with Crippen molar-refractivity contribution in [1.82, 2.24) is 4.90 Å². The predicted molar refractivity (Wildman–Crippen MR) is 84.8 cm³/mol. The minimum Gasteiger partial charge on any atom is -0.329 e. The first-order valence-electron chi connectivity index (χ1n) is 7.77. The number of sulfone groups is 1. The zero-order chi connectivity index (χ0) is 14.9. The van der Waals surface area contributed by atoms with Crippen LogP contribution < -0.4 is 5.73 Å². The highest BCUT2D eigenvalue weighted by Gasteiger charge is 2.42. The average Bonchev–Trinajstić information content (AvgIpc) is 2.68. The fourth-order valence-corrected chi connectivity index (χ4v) is 5.81. The molecule has 0 aliphatic carbocycles. The van der Waals surface area contributed by atoms with Crippen LogP contribution in [0.25, 0.3) is 0 Å². The van der Waals surface area contributed by atoms with E-state index in [2.05, 4.69) is 29.2 Å². The summed E-state index contributed by atoms with van der Waals surface area (Å²) in [4.78, 5) is 2.34. The normalized spacial score (nSPS) is 29.6. The number of fused-ring (bicyclic) bond motifs is 1. The van der Waals surface area contributed by atoms with E-state index in [4.69, 9.17) is 5.73 Å². The Morgan fingerprint density at radius 1 is 1.19 bits per heavy atom. The molecule has 3 rings (SSSR count). The lowest BCUT2D eigenvalue weighted by atomic mass is 9.92. The largest absolute Gasteiger partial charge is 0.329 e. The first-order chi connectivity index (χ1) is 10.0. The van der Waals surface area contributed by atoms with Gasteiger partial charge in [0, 0.05) is 18.6 Å². The van der Waals surface area contributed by atoms with Crippen molar-refractivity contribution >= 4 is 9.84 Å². The van der Waals surface area contributed by atoms with Gasteiger partial charge in [-0.2, -0.15) is 0 Å². The first kappa shape index (κ1) is 15.0. The second kappa shape index (κ2) is 5.71. The Hall–Kier alpha value is -0.910. The van der Waals surface area contributed by atoms with Crippen LogP contribution in [0, 0.1) is 0 Å². The number of aryl methyl sites for hydroxylation is 1. The minimum atomic E-state index is -2.96. The fraction of sp³-hybridized carbons (Fsp3) is 0.625. The molecule has 1 unspecified atom stereocenters. The molecule has 1 saturated heterocycles. The summed E-state index contributed by atoms with van der Waals surface area (Å²) >= 11 is 0. The van der Waals surface area contributed by atoms with Crippen molar-refractivity contribution in [3.8, 4) is 0 Å². The maximum atomic E-state index is 12.1. The summed E-state index contributed by atoms with van der Waals surface area (Å²) in [7, 11) is -2.96. The molecule has 2 aliphatic heterocycles. The molecule has 0 saturated carbocycles. The molecule has 116 valence electrons. The molecule has 0 spiro atoms. The van der Waals surface area contributed by atoms with E-state index in [1.807, 2.05) is 0 Å². The van der Waals surface area contributed by atoms with Gasteiger partial charge in [0.05, 0.1) is 11.5 Å². The number of nitrogens with two attached hydrogens (primary N) is 1. The van der Waals surface area contributed by atoms with E-state index in [9.17, 15) is 8.42 Å². The zero-order valence-corrected chi connectivity index (χ0v) is 13.2. The highest BCUT2D eigenvalue weighted by molar-refractivity contribution is 7.91. The summed E-state index contributed by atoms with van der Waals surface area (Å²) in [6, 6.07) is 8.49. The number of benzene rings is 1. The number of nitrogens with zero attached hydrogens (tertiary/aromatic N) is 1. The summed E-state index contributed by atoms with van der Waals surface area (Å²) in [6.07, 6.45) is 3.77. The van der Waals surface area contributed by atoms with Crippen LogP contribution in [0.1, 0.15) is 30.4 Å². The topological polar surface area (TPSA) is 63.4 Å². The van der Waals surface area contributed by atoms with Gasteiger partial charge in [0.2, 0.25) is 0 Å². The van der Waals surface area contributed by atoms with Crippen LogP contribution in [0.4, 0.5) is 0 Å². The molecular formula is C16H24N2O2S. The van der Waals surface area contributed by atoms with Crippen LogP contribution in [-0.4, -0.2) is 43.5 Å². The third-order valence-corrected chi connectivity index (χ3v) is 6.88. The van der Waals surface area contributed by atoms with Crippen LogP contribution in [0.5, 0.6) is 0 Å². The van der Waals surface area contributed by atoms with E-state index < -0.39 is 9.84 Å². The Balaban J connectivity index is 1.91. The van der Waals surface area contributed by atoms with Crippen LogP contribution >= 0.6 is 0 Å². The van der Waals surface area contributed by atoms with Crippen molar-refractivity contribution in [1.29, 1.82) is 0 Å². The molecule has 2 aliphatic rings. The Kier molecular flexibility index (Phi) is 4.08. The Morgan fingerprint density at radius 3 is 2.67 bits per heavy atom. The summed E-state index contributed by atoms with van der Waals surface area (Å²) in [5, 5.41) is 0. The van der Waals surface area contributed by atoms with Crippen LogP contribution in [0.2, 0.25) is 0 Å². The summed E-state index contributed by atoms with van der Waals surface area (Å²) in [5.74, 6) is 0.540. The lowest BCUT2D eigenvalue weighted by Gasteiger charge is -2.45. The monoisotopic (exact) mass is 308 g/mol. The van der Waals surface area contributed by atoms with Crippen LogP contribution in [0.15, 0.2) is 24.3 Å². The smallest absolute Gasteiger partial charge is 0.152 e. The van der Waals surface area contributed by atoms with Crippen molar-refractivity contribution in [2.75, 3.05) is 24.6 Å². The highest BCUT2D eigenvalue weighted by atomic mass is 32.2. The van der Waals surface area contributed by atoms with E-state index in [0.29, 0.717) is 12.3 Å². The second-order valence-corrected chi connectivity index (χ2v) is 8.60. The highest BCUT2D eigenvalue weighted by Crippen LogP contribution is 2.32. The SMILES string of the molecule is NCC1(N2CCCc3ccccc3C2)CCCS(=O)(=O)C1. The van der Waals surface area contributed by atoms with E-state index in [0.717, 1.165) is 38.8 Å². The molecule has 0 radical (unpaired) electrons. The van der Waals surface area contributed by atoms with Crippen molar-refractivity contribution in [2.24, 2.45) is 5.73 Å². The summed E-state index contributed by atoms with van der Waals surface area (Å²) in [5.41, 5.74) is 8.41. The van der Waals surface area contributed by atoms with E-state index in [1.54, 1.807) is 0 Å². The number of hydrogen-bond donors (Lipinski definition) is 1. The summed E-state index contributed by atoms with van der Waals surface area (Å²) in [6.45, 7) is 2.18. The molecule has 1 aromatic rings. The molecule has 4 nitrogen and oxygen atoms in total. The lowest BCUT2D eigenvalue weighted by molar-refractivity contribution is 0.0930. The number of hydrogen-bond acceptors (Lipinski definition) is 4. The van der Waals surface area contributed by atoms with Crippen molar-refractivity contribution < 1.29 is 8.42 Å². The molecule has 21 heavy (non-hydrogen) atoms. The lowest BCUT2D eigenvalue weighted by Crippen LogP contribution is -2.59. The van der Waals surface area contributed by atoms with Gasteiger partial charge in [0.15, 0.2) is 9.84 Å². The van der Waals surface area contributed by atoms with E-state index >= 15 is 0 Å². The maximum absolute atomic E-state index is 12.1. The van der Waals surface area contributed by atoms with Gasteiger partial charge < -0.3 is 5.73 Å². The van der Waals surface area contributed by atoms with Gasteiger partial charge in [-0.25, -0.2) is 8.42 Å². The van der Waals surface area contributed by atoms with Gasteiger partial charge in [-0.3, -0.25) is 4.90 Å². The third-order valence-electron chi connectivity index (χ3n) is 4.99. The maximum Gasteiger partial charge on any atom is 0.152 e. The minimum absolute atomic E-state index is 0.221. The Bertz CT molecular complexity index is 614. The van der Waals surface area contributed by atoms with Gasteiger partial charge >= 0.3 is 0 Å². The van der Waals surface area contributed by atoms with Crippen molar-refractivity contribution in [3.63, 3.8) is 0 Å². The van der Waals surface area contributed by atoms with Gasteiger partial charge in [-0.05, 0) is 43.4 Å². The third kappa shape index (κ3) is 3.00. The van der Waals surface area contributed by atoms with E-state index in [1.165, 1.54) is 11.1 Å². The van der Waals surface area contributed by atoms with Gasteiger partial charge in [-0.15, -0.1) is 0 Å². The van der Waals surface area contributed by atoms with Crippen molar-refractivity contribution in [3.05, 3.63) is 35.4 Å². The molecule has 2 N–H and O–H groups in total. The standard InChI is InChI=1S/C16H24N2O2S/c17-12-16(8-4-10-21(19,20)13-16)18-9-3-7-14-5-1-2-6-15(14)11-18/h1-2,5-6H,3-4,7-13,17H2. The molecule has 0 amide bonds. The molecule has 0 bridgehead atoms. The van der Waals surface area contributed by atoms with Gasteiger partial charge in [0.1, 0.15) is 0 Å². The molecule has 1 aromatic carbocycles.